The zero-order chi connectivity index (χ0) is 28.0. The smallest absolute Gasteiger partial charge is 0.359 e. The van der Waals surface area contributed by atoms with Crippen molar-refractivity contribution in [2.45, 2.75) is 64.0 Å². The van der Waals surface area contributed by atoms with Crippen LogP contribution in [0.4, 0.5) is 4.79 Å². The number of carbonyl (C=O) groups is 2. The average molecular weight is 534 g/mol. The first kappa shape index (κ1) is 28.3. The number of hydrogen-bond donors (Lipinski definition) is 2. The highest BCUT2D eigenvalue weighted by atomic mass is 16.7. The molecule has 0 spiro atoms. The number of nitrogens with one attached hydrogen (secondary N) is 2. The summed E-state index contributed by atoms with van der Waals surface area (Å²) in [5, 5.41) is 9.36. The molecule has 208 valence electrons. The normalized spacial score (nSPS) is 18.4. The van der Waals surface area contributed by atoms with Gasteiger partial charge in [0.1, 0.15) is 6.54 Å². The Kier molecular flexibility index (Phi) is 9.01. The second-order valence-electron chi connectivity index (χ2n) is 11.5. The van der Waals surface area contributed by atoms with E-state index >= 15 is 0 Å². The van der Waals surface area contributed by atoms with E-state index in [1.807, 2.05) is 30.3 Å². The third-order valence-electron chi connectivity index (χ3n) is 7.27. The molecule has 1 aliphatic carbocycles. The molecular weight excluding hydrogens is 494 g/mol. The first-order valence-corrected chi connectivity index (χ1v) is 13.5. The van der Waals surface area contributed by atoms with Gasteiger partial charge in [-0.25, -0.2) is 4.79 Å². The molecule has 0 bridgehead atoms. The molecular formula is C30H39N5O4. The SMILES string of the molecule is CN(C)C(c1ccccc1)C1CCC(NC(=O)CNC(=O)Oc2nc(-c3ccc(C(C)(C)C)cc3)no2)CC1. The first-order chi connectivity index (χ1) is 18.6. The number of carbonyl (C=O) groups excluding carboxylic acids is 2. The van der Waals surface area contributed by atoms with Crippen LogP contribution in [0.15, 0.2) is 59.1 Å². The van der Waals surface area contributed by atoms with Gasteiger partial charge in [-0.3, -0.25) is 9.32 Å². The summed E-state index contributed by atoms with van der Waals surface area (Å²) in [6.07, 6.45) is 2.74. The van der Waals surface area contributed by atoms with Crippen molar-refractivity contribution < 1.29 is 18.8 Å². The molecule has 9 heteroatoms. The van der Waals surface area contributed by atoms with E-state index in [4.69, 9.17) is 9.26 Å². The fraction of sp³-hybridized carbons (Fsp3) is 0.467. The van der Waals surface area contributed by atoms with Crippen molar-refractivity contribution in [3.63, 3.8) is 0 Å². The Balaban J connectivity index is 1.20. The van der Waals surface area contributed by atoms with Gasteiger partial charge in [-0.05, 0) is 62.2 Å². The minimum Gasteiger partial charge on any atom is -0.359 e. The van der Waals surface area contributed by atoms with Gasteiger partial charge in [0.15, 0.2) is 0 Å². The molecule has 1 fully saturated rings. The summed E-state index contributed by atoms with van der Waals surface area (Å²) in [4.78, 5) is 31.0. The summed E-state index contributed by atoms with van der Waals surface area (Å²) >= 11 is 0. The number of rotatable bonds is 8. The van der Waals surface area contributed by atoms with E-state index in [0.717, 1.165) is 31.2 Å². The van der Waals surface area contributed by atoms with Crippen molar-refractivity contribution >= 4 is 12.0 Å². The van der Waals surface area contributed by atoms with Crippen molar-refractivity contribution in [2.75, 3.05) is 20.6 Å². The lowest BCUT2D eigenvalue weighted by Gasteiger charge is -2.37. The highest BCUT2D eigenvalue weighted by Gasteiger charge is 2.30. The van der Waals surface area contributed by atoms with E-state index in [1.54, 1.807) is 0 Å². The van der Waals surface area contributed by atoms with Gasteiger partial charge in [-0.1, -0.05) is 80.5 Å². The molecule has 3 aromatic rings. The van der Waals surface area contributed by atoms with Crippen LogP contribution in [0.3, 0.4) is 0 Å². The van der Waals surface area contributed by atoms with Gasteiger partial charge in [0.2, 0.25) is 11.7 Å². The number of benzene rings is 2. The molecule has 9 nitrogen and oxygen atoms in total. The van der Waals surface area contributed by atoms with Crippen LogP contribution in [0.5, 0.6) is 6.08 Å². The summed E-state index contributed by atoms with van der Waals surface area (Å²) in [5.74, 6) is 0.586. The van der Waals surface area contributed by atoms with E-state index < -0.39 is 6.09 Å². The molecule has 1 aliphatic rings. The predicted octanol–water partition coefficient (Wildman–Crippen LogP) is 5.10. The van der Waals surface area contributed by atoms with Gasteiger partial charge in [0.05, 0.1) is 0 Å². The van der Waals surface area contributed by atoms with Gasteiger partial charge >= 0.3 is 12.2 Å². The third kappa shape index (κ3) is 7.66. The van der Waals surface area contributed by atoms with E-state index in [-0.39, 0.29) is 30.0 Å². The summed E-state index contributed by atoms with van der Waals surface area (Å²) in [7, 11) is 4.24. The van der Waals surface area contributed by atoms with Gasteiger partial charge in [0.25, 0.3) is 0 Å². The van der Waals surface area contributed by atoms with Gasteiger partial charge < -0.3 is 20.3 Å². The number of hydrogen-bond acceptors (Lipinski definition) is 7. The molecule has 0 radical (unpaired) electrons. The number of nitrogens with zero attached hydrogens (tertiary/aromatic N) is 3. The Bertz CT molecular complexity index is 1230. The average Bonchev–Trinajstić information content (AvgIpc) is 3.37. The highest BCUT2D eigenvalue weighted by molar-refractivity contribution is 5.82. The topological polar surface area (TPSA) is 110 Å². The van der Waals surface area contributed by atoms with Crippen LogP contribution < -0.4 is 15.4 Å². The monoisotopic (exact) mass is 533 g/mol. The second-order valence-corrected chi connectivity index (χ2v) is 11.5. The zero-order valence-electron chi connectivity index (χ0n) is 23.4. The van der Waals surface area contributed by atoms with Crippen molar-refractivity contribution in [2.24, 2.45) is 5.92 Å². The lowest BCUT2D eigenvalue weighted by molar-refractivity contribution is -0.121. The minimum absolute atomic E-state index is 0.0331. The Morgan fingerprint density at radius 2 is 1.69 bits per heavy atom. The van der Waals surface area contributed by atoms with Crippen LogP contribution in [0.1, 0.15) is 63.6 Å². The molecule has 1 atom stereocenters. The van der Waals surface area contributed by atoms with Crippen molar-refractivity contribution in [1.29, 1.82) is 0 Å². The van der Waals surface area contributed by atoms with Gasteiger partial charge in [0, 0.05) is 17.6 Å². The zero-order valence-corrected chi connectivity index (χ0v) is 23.4. The van der Waals surface area contributed by atoms with E-state index in [0.29, 0.717) is 17.8 Å². The quantitative estimate of drug-likeness (QED) is 0.415. The molecule has 0 saturated heterocycles. The lowest BCUT2D eigenvalue weighted by Crippen LogP contribution is -2.44. The van der Waals surface area contributed by atoms with Crippen LogP contribution in [0.2, 0.25) is 0 Å². The molecule has 4 rings (SSSR count). The number of amides is 2. The van der Waals surface area contributed by atoms with E-state index in [9.17, 15) is 9.59 Å². The molecule has 0 aliphatic heterocycles. The van der Waals surface area contributed by atoms with Crippen molar-refractivity contribution in [3.8, 4) is 17.5 Å². The Labute approximate surface area is 230 Å². The van der Waals surface area contributed by atoms with Crippen LogP contribution >= 0.6 is 0 Å². The maximum atomic E-state index is 12.5. The number of aromatic nitrogens is 2. The second kappa shape index (κ2) is 12.4. The van der Waals surface area contributed by atoms with E-state index in [1.165, 1.54) is 11.1 Å². The molecule has 2 amide bonds. The largest absolute Gasteiger partial charge is 0.426 e. The van der Waals surface area contributed by atoms with Crippen LogP contribution in [0, 0.1) is 5.92 Å². The highest BCUT2D eigenvalue weighted by Crippen LogP contribution is 2.37. The Morgan fingerprint density at radius 1 is 1.03 bits per heavy atom. The number of ether oxygens (including phenoxy) is 1. The minimum atomic E-state index is -0.830. The standard InChI is InChI=1S/C30H39N5O4/c1-30(2,3)23-15-11-22(12-16-23)27-33-29(39-34-27)38-28(37)31-19-25(36)32-24-17-13-21(14-18-24)26(35(4)5)20-9-7-6-8-10-20/h6-12,15-16,21,24,26H,13-14,17-19H2,1-5H3,(H,31,37)(H,32,36). The van der Waals surface area contributed by atoms with Crippen molar-refractivity contribution in [3.05, 3.63) is 65.7 Å². The fourth-order valence-electron chi connectivity index (χ4n) is 5.26. The molecule has 1 aromatic heterocycles. The van der Waals surface area contributed by atoms with Gasteiger partial charge in [-0.15, -0.1) is 0 Å². The third-order valence-corrected chi connectivity index (χ3v) is 7.27. The van der Waals surface area contributed by atoms with Crippen LogP contribution in [-0.2, 0) is 10.2 Å². The molecule has 2 N–H and O–H groups in total. The van der Waals surface area contributed by atoms with E-state index in [2.05, 4.69) is 84.8 Å². The Morgan fingerprint density at radius 3 is 2.31 bits per heavy atom. The van der Waals surface area contributed by atoms with Crippen molar-refractivity contribution in [1.82, 2.24) is 25.7 Å². The molecule has 39 heavy (non-hydrogen) atoms. The molecule has 2 aromatic carbocycles. The molecule has 1 heterocycles. The summed E-state index contributed by atoms with van der Waals surface area (Å²) in [5.41, 5.74) is 3.29. The summed E-state index contributed by atoms with van der Waals surface area (Å²) < 4.78 is 10.1. The van der Waals surface area contributed by atoms with Gasteiger partial charge in [-0.2, -0.15) is 4.98 Å². The maximum Gasteiger partial charge on any atom is 0.426 e. The molecule has 1 unspecified atom stereocenters. The predicted molar refractivity (Wildman–Crippen MR) is 149 cm³/mol. The maximum absolute atomic E-state index is 12.5. The summed E-state index contributed by atoms with van der Waals surface area (Å²) in [6.45, 7) is 6.22. The van der Waals surface area contributed by atoms with Crippen LogP contribution in [-0.4, -0.2) is 53.7 Å². The van der Waals surface area contributed by atoms with Crippen LogP contribution in [0.25, 0.3) is 11.4 Å². The molecule has 1 saturated carbocycles. The first-order valence-electron chi connectivity index (χ1n) is 13.5. The Hall–Kier alpha value is -3.72. The summed E-state index contributed by atoms with van der Waals surface area (Å²) in [6, 6.07) is 18.8. The lowest BCUT2D eigenvalue weighted by atomic mass is 9.78. The fourth-order valence-corrected chi connectivity index (χ4v) is 5.26.